The zero-order chi connectivity index (χ0) is 9.97. The van der Waals surface area contributed by atoms with Crippen LogP contribution in [0.2, 0.25) is 0 Å². The van der Waals surface area contributed by atoms with Gasteiger partial charge in [-0.15, -0.1) is 11.3 Å². The van der Waals surface area contributed by atoms with E-state index in [1.165, 1.54) is 22.9 Å². The van der Waals surface area contributed by atoms with Gasteiger partial charge in [-0.1, -0.05) is 0 Å². The van der Waals surface area contributed by atoms with E-state index in [4.69, 9.17) is 5.73 Å². The van der Waals surface area contributed by atoms with Crippen molar-refractivity contribution in [2.75, 3.05) is 11.5 Å². The van der Waals surface area contributed by atoms with Crippen molar-refractivity contribution in [1.82, 2.24) is 4.98 Å². The maximum atomic E-state index is 6.17. The Balaban J connectivity index is 1.90. The van der Waals surface area contributed by atoms with Crippen molar-refractivity contribution >= 4 is 23.1 Å². The second-order valence-electron chi connectivity index (χ2n) is 3.87. The maximum Gasteiger partial charge on any atom is 0.0943 e. The molecule has 2 N–H and O–H groups in total. The summed E-state index contributed by atoms with van der Waals surface area (Å²) in [6, 6.07) is 0.315. The summed E-state index contributed by atoms with van der Waals surface area (Å²) in [5.41, 5.74) is 7.30. The lowest BCUT2D eigenvalue weighted by Gasteiger charge is -2.16. The highest BCUT2D eigenvalue weighted by Crippen LogP contribution is 2.27. The minimum Gasteiger partial charge on any atom is -0.327 e. The number of nitrogens with two attached hydrogens (primary N) is 1. The van der Waals surface area contributed by atoms with E-state index in [1.54, 1.807) is 11.3 Å². The van der Waals surface area contributed by atoms with Gasteiger partial charge in [-0.2, -0.15) is 11.8 Å². The molecule has 78 valence electrons. The summed E-state index contributed by atoms with van der Waals surface area (Å²) in [4.78, 5) is 4.45. The van der Waals surface area contributed by atoms with Crippen LogP contribution in [0.15, 0.2) is 5.38 Å². The Hall–Kier alpha value is -0.0600. The van der Waals surface area contributed by atoms with Gasteiger partial charge in [0.05, 0.1) is 5.01 Å². The Kier molecular flexibility index (Phi) is 3.47. The molecule has 1 aromatic rings. The van der Waals surface area contributed by atoms with Crippen molar-refractivity contribution < 1.29 is 0 Å². The largest absolute Gasteiger partial charge is 0.327 e. The molecule has 2 nitrogen and oxygen atoms in total. The van der Waals surface area contributed by atoms with Gasteiger partial charge in [-0.05, 0) is 30.8 Å². The van der Waals surface area contributed by atoms with Crippen molar-refractivity contribution in [1.29, 1.82) is 0 Å². The molecule has 2 heterocycles. The molecule has 1 aromatic heterocycles. The molecule has 2 unspecified atom stereocenters. The molecule has 1 fully saturated rings. The van der Waals surface area contributed by atoms with Crippen LogP contribution < -0.4 is 5.73 Å². The van der Waals surface area contributed by atoms with Crippen LogP contribution in [0.25, 0.3) is 0 Å². The van der Waals surface area contributed by atoms with Crippen LogP contribution in [0.1, 0.15) is 17.1 Å². The standard InChI is InChI=1S/C10H16N2S2/c1-7-5-14-10(12-7)4-9(11)8-2-3-13-6-8/h5,8-9H,2-4,6,11H2,1H3. The first-order chi connectivity index (χ1) is 6.75. The second-order valence-corrected chi connectivity index (χ2v) is 5.97. The first-order valence-electron chi connectivity index (χ1n) is 5.00. The third-order valence-corrected chi connectivity index (χ3v) is 4.82. The van der Waals surface area contributed by atoms with Gasteiger partial charge in [0.15, 0.2) is 0 Å². The molecule has 2 atom stereocenters. The summed E-state index contributed by atoms with van der Waals surface area (Å²) < 4.78 is 0. The lowest BCUT2D eigenvalue weighted by Crippen LogP contribution is -2.32. The summed E-state index contributed by atoms with van der Waals surface area (Å²) in [6.07, 6.45) is 2.25. The van der Waals surface area contributed by atoms with Crippen LogP contribution in [0.3, 0.4) is 0 Å². The topological polar surface area (TPSA) is 38.9 Å². The highest BCUT2D eigenvalue weighted by molar-refractivity contribution is 7.99. The molecule has 1 saturated heterocycles. The SMILES string of the molecule is Cc1csc(CC(N)C2CCSC2)n1. The van der Waals surface area contributed by atoms with Crippen molar-refractivity contribution in [3.05, 3.63) is 16.1 Å². The quantitative estimate of drug-likeness (QED) is 0.861. The molecule has 1 aliphatic rings. The minimum absolute atomic E-state index is 0.315. The fourth-order valence-electron chi connectivity index (χ4n) is 1.76. The molecule has 0 amide bonds. The third-order valence-electron chi connectivity index (χ3n) is 2.65. The van der Waals surface area contributed by atoms with Crippen LogP contribution in [0, 0.1) is 12.8 Å². The van der Waals surface area contributed by atoms with Crippen LogP contribution in [0.4, 0.5) is 0 Å². The molecule has 0 aromatic carbocycles. The zero-order valence-corrected chi connectivity index (χ0v) is 10.0. The number of aryl methyl sites for hydroxylation is 1. The van der Waals surface area contributed by atoms with Crippen molar-refractivity contribution in [3.63, 3.8) is 0 Å². The molecule has 0 radical (unpaired) electrons. The smallest absolute Gasteiger partial charge is 0.0943 e. The molecular formula is C10H16N2S2. The molecule has 0 bridgehead atoms. The van der Waals surface area contributed by atoms with Crippen molar-refractivity contribution in [3.8, 4) is 0 Å². The van der Waals surface area contributed by atoms with Gasteiger partial charge in [0.25, 0.3) is 0 Å². The van der Waals surface area contributed by atoms with E-state index in [-0.39, 0.29) is 0 Å². The number of hydrogen-bond acceptors (Lipinski definition) is 4. The molecular weight excluding hydrogens is 212 g/mol. The average molecular weight is 228 g/mol. The van der Waals surface area contributed by atoms with Gasteiger partial charge in [0.2, 0.25) is 0 Å². The Morgan fingerprint density at radius 3 is 3.14 bits per heavy atom. The predicted molar refractivity (Wildman–Crippen MR) is 64.0 cm³/mol. The molecule has 1 aliphatic heterocycles. The minimum atomic E-state index is 0.315. The van der Waals surface area contributed by atoms with E-state index in [0.29, 0.717) is 12.0 Å². The second kappa shape index (κ2) is 4.64. The van der Waals surface area contributed by atoms with Crippen molar-refractivity contribution in [2.24, 2.45) is 11.7 Å². The van der Waals surface area contributed by atoms with Gasteiger partial charge in [-0.3, -0.25) is 0 Å². The van der Waals surface area contributed by atoms with Gasteiger partial charge in [-0.25, -0.2) is 4.98 Å². The zero-order valence-electron chi connectivity index (χ0n) is 8.40. The summed E-state index contributed by atoms with van der Waals surface area (Å²) >= 11 is 3.77. The number of rotatable bonds is 3. The number of aromatic nitrogens is 1. The molecule has 0 saturated carbocycles. The number of nitrogens with zero attached hydrogens (tertiary/aromatic N) is 1. The Labute approximate surface area is 93.3 Å². The van der Waals surface area contributed by atoms with Gasteiger partial charge in [0.1, 0.15) is 0 Å². The van der Waals surface area contributed by atoms with Gasteiger partial charge < -0.3 is 5.73 Å². The lowest BCUT2D eigenvalue weighted by atomic mass is 9.98. The normalized spacial score (nSPS) is 24.0. The summed E-state index contributed by atoms with van der Waals surface area (Å²) in [7, 11) is 0. The molecule has 14 heavy (non-hydrogen) atoms. The highest BCUT2D eigenvalue weighted by Gasteiger charge is 2.23. The highest BCUT2D eigenvalue weighted by atomic mass is 32.2. The molecule has 4 heteroatoms. The van der Waals surface area contributed by atoms with E-state index in [1.807, 2.05) is 18.7 Å². The number of thiazole rings is 1. The third kappa shape index (κ3) is 2.49. The summed E-state index contributed by atoms with van der Waals surface area (Å²) in [6.45, 7) is 2.04. The number of hydrogen-bond donors (Lipinski definition) is 1. The van der Waals surface area contributed by atoms with Crippen LogP contribution >= 0.6 is 23.1 Å². The van der Waals surface area contributed by atoms with Gasteiger partial charge in [0, 0.05) is 23.5 Å². The van der Waals surface area contributed by atoms with Crippen molar-refractivity contribution in [2.45, 2.75) is 25.8 Å². The monoisotopic (exact) mass is 228 g/mol. The first kappa shape index (κ1) is 10.5. The van der Waals surface area contributed by atoms with Crippen LogP contribution in [0.5, 0.6) is 0 Å². The van der Waals surface area contributed by atoms with E-state index in [0.717, 1.165) is 12.1 Å². The molecule has 2 rings (SSSR count). The van der Waals surface area contributed by atoms with Crippen LogP contribution in [-0.4, -0.2) is 22.5 Å². The lowest BCUT2D eigenvalue weighted by molar-refractivity contribution is 0.462. The maximum absolute atomic E-state index is 6.17. The Bertz CT molecular complexity index is 292. The summed E-state index contributed by atoms with van der Waals surface area (Å²) in [5, 5.41) is 3.30. The fraction of sp³-hybridized carbons (Fsp3) is 0.700. The fourth-order valence-corrected chi connectivity index (χ4v) is 3.95. The molecule has 0 aliphatic carbocycles. The van der Waals surface area contributed by atoms with E-state index in [9.17, 15) is 0 Å². The summed E-state index contributed by atoms with van der Waals surface area (Å²) in [5.74, 6) is 3.24. The Morgan fingerprint density at radius 1 is 1.71 bits per heavy atom. The first-order valence-corrected chi connectivity index (χ1v) is 7.03. The number of thioether (sulfide) groups is 1. The van der Waals surface area contributed by atoms with Crippen LogP contribution in [-0.2, 0) is 6.42 Å². The van der Waals surface area contributed by atoms with E-state index in [2.05, 4.69) is 10.4 Å². The average Bonchev–Trinajstić information content (AvgIpc) is 2.75. The molecule has 0 spiro atoms. The predicted octanol–water partition coefficient (Wildman–Crippen LogP) is 2.07. The van der Waals surface area contributed by atoms with E-state index < -0.39 is 0 Å². The van der Waals surface area contributed by atoms with E-state index >= 15 is 0 Å². The Morgan fingerprint density at radius 2 is 2.57 bits per heavy atom. The van der Waals surface area contributed by atoms with Gasteiger partial charge >= 0.3 is 0 Å².